The van der Waals surface area contributed by atoms with Gasteiger partial charge in [0.2, 0.25) is 0 Å². The van der Waals surface area contributed by atoms with E-state index in [0.29, 0.717) is 34.4 Å². The molecule has 0 aliphatic carbocycles. The number of likely N-dealkylation sites (tertiary alicyclic amines) is 2. The van der Waals surface area contributed by atoms with Crippen LogP contribution in [0.15, 0.2) is 55.0 Å². The van der Waals surface area contributed by atoms with Crippen LogP contribution in [0.4, 0.5) is 10.6 Å². The summed E-state index contributed by atoms with van der Waals surface area (Å²) < 4.78 is 10.7. The number of carbonyl (C=O) groups excluding carboxylic acids is 1. The number of benzene rings is 1. The number of carbonyl (C=O) groups is 1. The van der Waals surface area contributed by atoms with E-state index in [1.807, 2.05) is 36.4 Å². The third kappa shape index (κ3) is 5.58. The number of rotatable bonds is 5. The molecular formula is C33H37IN8O3. The minimum Gasteiger partial charge on any atom is -0.508 e. The van der Waals surface area contributed by atoms with Crippen molar-refractivity contribution in [3.8, 4) is 17.0 Å². The molecule has 5 aromatic rings. The molecular weight excluding hydrogens is 683 g/mol. The first-order valence-electron chi connectivity index (χ1n) is 15.2. The Morgan fingerprint density at radius 3 is 2.58 bits per heavy atom. The average Bonchev–Trinajstić information content (AvgIpc) is 3.72. The van der Waals surface area contributed by atoms with Gasteiger partial charge in [-0.05, 0) is 104 Å². The van der Waals surface area contributed by atoms with Crippen LogP contribution in [-0.4, -0.2) is 76.9 Å². The predicted octanol–water partition coefficient (Wildman–Crippen LogP) is 5.55. The molecule has 2 fully saturated rings. The van der Waals surface area contributed by atoms with Crippen molar-refractivity contribution in [3.63, 3.8) is 0 Å². The van der Waals surface area contributed by atoms with Crippen LogP contribution in [0.5, 0.6) is 5.75 Å². The van der Waals surface area contributed by atoms with E-state index in [9.17, 15) is 9.90 Å². The second-order valence-corrected chi connectivity index (χ2v) is 14.5. The highest BCUT2D eigenvalue weighted by Gasteiger charge is 2.43. The smallest absolute Gasteiger partial charge is 0.410 e. The van der Waals surface area contributed by atoms with Crippen LogP contribution in [0.1, 0.15) is 45.0 Å². The molecule has 11 nitrogen and oxygen atoms in total. The van der Waals surface area contributed by atoms with E-state index in [-0.39, 0.29) is 17.9 Å². The predicted molar refractivity (Wildman–Crippen MR) is 181 cm³/mol. The number of aromatic nitrogens is 5. The highest BCUT2D eigenvalue weighted by molar-refractivity contribution is 14.1. The molecule has 3 N–H and O–H groups in total. The lowest BCUT2D eigenvalue weighted by Crippen LogP contribution is -2.37. The third-order valence-corrected chi connectivity index (χ3v) is 9.52. The molecule has 45 heavy (non-hydrogen) atoms. The molecule has 1 aromatic carbocycles. The number of pyridine rings is 1. The maximum Gasteiger partial charge on any atom is 0.410 e. The zero-order valence-corrected chi connectivity index (χ0v) is 28.0. The van der Waals surface area contributed by atoms with Gasteiger partial charge in [0.1, 0.15) is 29.2 Å². The molecule has 2 saturated heterocycles. The Kier molecular flexibility index (Phi) is 7.39. The van der Waals surface area contributed by atoms with Crippen molar-refractivity contribution in [2.45, 2.75) is 45.9 Å². The number of phenolic OH excluding ortho intramolecular Hbond substituents is 1. The molecule has 1 amide bonds. The molecule has 0 spiro atoms. The van der Waals surface area contributed by atoms with Gasteiger partial charge in [-0.1, -0.05) is 6.07 Å². The Labute approximate surface area is 275 Å². The fourth-order valence-electron chi connectivity index (χ4n) is 6.95. The summed E-state index contributed by atoms with van der Waals surface area (Å²) in [6.45, 7) is 11.9. The molecule has 7 rings (SSSR count). The average molecular weight is 721 g/mol. The molecule has 12 heteroatoms. The van der Waals surface area contributed by atoms with Crippen LogP contribution in [0.3, 0.4) is 0 Å². The summed E-state index contributed by atoms with van der Waals surface area (Å²) in [6, 6.07) is 13.7. The van der Waals surface area contributed by atoms with Gasteiger partial charge in [0, 0.05) is 59.3 Å². The van der Waals surface area contributed by atoms with Crippen LogP contribution >= 0.6 is 22.6 Å². The topological polar surface area (TPSA) is 127 Å². The molecule has 234 valence electrons. The van der Waals surface area contributed by atoms with E-state index in [2.05, 4.69) is 79.2 Å². The Bertz CT molecular complexity index is 1890. The summed E-state index contributed by atoms with van der Waals surface area (Å²) in [6.07, 6.45) is 3.37. The molecule has 6 heterocycles. The number of anilines is 1. The van der Waals surface area contributed by atoms with Crippen LogP contribution in [0.25, 0.3) is 27.8 Å². The van der Waals surface area contributed by atoms with Gasteiger partial charge in [0.25, 0.3) is 0 Å². The van der Waals surface area contributed by atoms with Gasteiger partial charge in [-0.15, -0.1) is 0 Å². The number of ether oxygens (including phenoxy) is 1. The van der Waals surface area contributed by atoms with Crippen molar-refractivity contribution in [3.05, 3.63) is 69.8 Å². The number of aromatic hydroxyl groups is 1. The monoisotopic (exact) mass is 720 g/mol. The zero-order chi connectivity index (χ0) is 31.6. The molecule has 2 aliphatic rings. The maximum atomic E-state index is 12.7. The standard InChI is InChI=1S/C33H37IN8O3/c1-19(42-31-28(30(35)36-18-37-31)29(38-42)20-9-23(34)11-25(43)10-20)26-12-24-7-5-6-8-41(24)27(26)17-39-13-21-15-40(16-22(21)14-39)32(44)45-33(2,3)4/h5-12,18-19,21-22,43H,13-17H2,1-4H3,(H2,35,36,37)/t19?,21-,22+. The number of phenols is 1. The van der Waals surface area contributed by atoms with E-state index < -0.39 is 5.60 Å². The van der Waals surface area contributed by atoms with Gasteiger partial charge in [-0.25, -0.2) is 19.4 Å². The quantitative estimate of drug-likeness (QED) is 0.227. The summed E-state index contributed by atoms with van der Waals surface area (Å²) in [5, 5.41) is 16.1. The molecule has 3 atom stereocenters. The van der Waals surface area contributed by atoms with Crippen molar-refractivity contribution < 1.29 is 14.6 Å². The van der Waals surface area contributed by atoms with Gasteiger partial charge in [0.15, 0.2) is 5.65 Å². The molecule has 2 aliphatic heterocycles. The normalized spacial score (nSPS) is 19.4. The summed E-state index contributed by atoms with van der Waals surface area (Å²) in [5.74, 6) is 1.35. The fourth-order valence-corrected chi connectivity index (χ4v) is 7.60. The van der Waals surface area contributed by atoms with Crippen molar-refractivity contribution in [1.82, 2.24) is 33.9 Å². The van der Waals surface area contributed by atoms with E-state index in [4.69, 9.17) is 15.6 Å². The molecule has 0 radical (unpaired) electrons. The molecule has 1 unspecified atom stereocenters. The lowest BCUT2D eigenvalue weighted by molar-refractivity contribution is 0.0274. The second kappa shape index (κ2) is 11.2. The Morgan fingerprint density at radius 2 is 1.87 bits per heavy atom. The first-order valence-corrected chi connectivity index (χ1v) is 16.3. The number of nitrogens with two attached hydrogens (primary N) is 1. The largest absolute Gasteiger partial charge is 0.508 e. The fraction of sp³-hybridized carbons (Fsp3) is 0.394. The first-order chi connectivity index (χ1) is 21.4. The van der Waals surface area contributed by atoms with Crippen molar-refractivity contribution in [2.24, 2.45) is 11.8 Å². The van der Waals surface area contributed by atoms with Crippen LogP contribution < -0.4 is 5.73 Å². The lowest BCUT2D eigenvalue weighted by Gasteiger charge is -2.26. The number of amides is 1. The minimum absolute atomic E-state index is 0.161. The van der Waals surface area contributed by atoms with E-state index >= 15 is 0 Å². The maximum absolute atomic E-state index is 12.7. The second-order valence-electron chi connectivity index (χ2n) is 13.3. The van der Waals surface area contributed by atoms with Crippen LogP contribution in [-0.2, 0) is 11.3 Å². The van der Waals surface area contributed by atoms with Gasteiger partial charge in [-0.3, -0.25) is 4.90 Å². The molecule has 0 saturated carbocycles. The summed E-state index contributed by atoms with van der Waals surface area (Å²) >= 11 is 2.18. The number of hydrogen-bond acceptors (Lipinski definition) is 8. The van der Waals surface area contributed by atoms with E-state index in [0.717, 1.165) is 52.9 Å². The van der Waals surface area contributed by atoms with Crippen LogP contribution in [0.2, 0.25) is 0 Å². The third-order valence-electron chi connectivity index (χ3n) is 8.90. The van der Waals surface area contributed by atoms with Crippen molar-refractivity contribution >= 4 is 51.1 Å². The van der Waals surface area contributed by atoms with Crippen LogP contribution in [0, 0.1) is 15.4 Å². The summed E-state index contributed by atoms with van der Waals surface area (Å²) in [7, 11) is 0. The number of fused-ring (bicyclic) bond motifs is 3. The highest BCUT2D eigenvalue weighted by Crippen LogP contribution is 2.38. The van der Waals surface area contributed by atoms with E-state index in [1.54, 1.807) is 12.1 Å². The van der Waals surface area contributed by atoms with Gasteiger partial charge >= 0.3 is 6.09 Å². The summed E-state index contributed by atoms with van der Waals surface area (Å²) in [4.78, 5) is 26.0. The Balaban J connectivity index is 1.21. The lowest BCUT2D eigenvalue weighted by atomic mass is 10.0. The minimum atomic E-state index is -0.496. The van der Waals surface area contributed by atoms with E-state index in [1.165, 1.54) is 12.0 Å². The Morgan fingerprint density at radius 1 is 1.11 bits per heavy atom. The van der Waals surface area contributed by atoms with Gasteiger partial charge < -0.3 is 24.9 Å². The molecule has 4 aromatic heterocycles. The number of halogens is 1. The zero-order valence-electron chi connectivity index (χ0n) is 25.8. The first kappa shape index (κ1) is 29.8. The number of nitrogen functional groups attached to an aromatic ring is 1. The number of hydrogen-bond donors (Lipinski definition) is 2. The van der Waals surface area contributed by atoms with Crippen molar-refractivity contribution in [1.29, 1.82) is 0 Å². The molecule has 0 bridgehead atoms. The Hall–Kier alpha value is -3.91. The number of nitrogens with zero attached hydrogens (tertiary/aromatic N) is 7. The van der Waals surface area contributed by atoms with Gasteiger partial charge in [-0.2, -0.15) is 5.10 Å². The highest BCUT2D eigenvalue weighted by atomic mass is 127. The SMILES string of the molecule is CC(c1cc2ccccn2c1CN1C[C@@H]2CN(C(=O)OC(C)(C)C)C[C@@H]2C1)n1nc(-c2cc(O)cc(I)c2)c2c(N)ncnc21. The summed E-state index contributed by atoms with van der Waals surface area (Å²) in [5.41, 5.74) is 11.4. The van der Waals surface area contributed by atoms with Gasteiger partial charge in [0.05, 0.1) is 11.4 Å². The van der Waals surface area contributed by atoms with Crippen molar-refractivity contribution in [2.75, 3.05) is 31.9 Å².